The maximum Gasteiger partial charge on any atom is 0.387 e. The van der Waals surface area contributed by atoms with Crippen molar-refractivity contribution >= 4 is 11.6 Å². The molecule has 1 aliphatic rings. The zero-order chi connectivity index (χ0) is 22.4. The number of hydrogen-bond donors (Lipinski definition) is 1. The van der Waals surface area contributed by atoms with Crippen LogP contribution in [0, 0.1) is 0 Å². The molecule has 2 N–H and O–H groups in total. The van der Waals surface area contributed by atoms with Crippen LogP contribution in [0.2, 0.25) is 0 Å². The van der Waals surface area contributed by atoms with Gasteiger partial charge < -0.3 is 20.1 Å². The van der Waals surface area contributed by atoms with Crippen LogP contribution in [0.1, 0.15) is 5.56 Å². The van der Waals surface area contributed by atoms with Gasteiger partial charge in [-0.3, -0.25) is 9.69 Å². The average molecular weight is 441 g/mol. The lowest BCUT2D eigenvalue weighted by atomic mass is 10.0. The third kappa shape index (κ3) is 6.48. The van der Waals surface area contributed by atoms with Gasteiger partial charge in [-0.1, -0.05) is 30.3 Å². The van der Waals surface area contributed by atoms with Crippen LogP contribution < -0.4 is 20.1 Å². The van der Waals surface area contributed by atoms with Gasteiger partial charge in [0, 0.05) is 37.4 Å². The summed E-state index contributed by atoms with van der Waals surface area (Å²) in [5.41, 5.74) is 6.99. The number of carbonyl (C=O) groups excluding carboxylic acids is 1. The summed E-state index contributed by atoms with van der Waals surface area (Å²) in [6.45, 7) is -4.77. The Kier molecular flexibility index (Phi) is 7.56. The number of anilines is 1. The summed E-state index contributed by atoms with van der Waals surface area (Å²) in [4.78, 5) is 15.4. The fraction of sp³-hybridized carbons (Fsp3) is 0.381. The largest absolute Gasteiger partial charge is 0.431 e. The highest BCUT2D eigenvalue weighted by atomic mass is 19.3. The highest BCUT2D eigenvalue weighted by Crippen LogP contribution is 2.35. The molecule has 1 heterocycles. The number of rotatable bonds is 9. The molecule has 0 aliphatic carbocycles. The van der Waals surface area contributed by atoms with E-state index in [4.69, 9.17) is 5.73 Å². The number of hydrogen-bond acceptors (Lipinski definition) is 5. The molecule has 168 valence electrons. The van der Waals surface area contributed by atoms with E-state index in [1.807, 2.05) is 40.1 Å². The predicted octanol–water partition coefficient (Wildman–Crippen LogP) is 3.11. The second-order valence-electron chi connectivity index (χ2n) is 7.11. The fourth-order valence-electron chi connectivity index (χ4n) is 3.69. The molecule has 1 unspecified atom stereocenters. The standard InChI is InChI=1S/C21H23F4N3O3/c22-20(23)30-17-7-6-15(11-18(17)31-21(24)25)27-8-9-28(13-19(26)29)16(12-27)10-14-4-2-1-3-5-14/h1-7,11,16,20-21H,8-10,12-13H2,(H2,26,29). The normalized spacial score (nSPS) is 17.2. The molecule has 10 heteroatoms. The lowest BCUT2D eigenvalue weighted by Gasteiger charge is -2.42. The number of carbonyl (C=O) groups is 1. The predicted molar refractivity (Wildman–Crippen MR) is 107 cm³/mol. The third-order valence-corrected chi connectivity index (χ3v) is 5.00. The number of primary amides is 1. The molecule has 3 rings (SSSR count). The molecule has 0 spiro atoms. The summed E-state index contributed by atoms with van der Waals surface area (Å²) >= 11 is 0. The maximum atomic E-state index is 12.8. The maximum absolute atomic E-state index is 12.8. The Morgan fingerprint density at radius 2 is 1.68 bits per heavy atom. The van der Waals surface area contributed by atoms with Crippen molar-refractivity contribution in [3.63, 3.8) is 0 Å². The zero-order valence-corrected chi connectivity index (χ0v) is 16.6. The second-order valence-corrected chi connectivity index (χ2v) is 7.11. The molecular formula is C21H23F4N3O3. The van der Waals surface area contributed by atoms with Gasteiger partial charge >= 0.3 is 13.2 Å². The summed E-state index contributed by atoms with van der Waals surface area (Å²) in [6, 6.07) is 13.6. The minimum absolute atomic E-state index is 0.0693. The monoisotopic (exact) mass is 441 g/mol. The molecule has 1 saturated heterocycles. The number of piperazine rings is 1. The van der Waals surface area contributed by atoms with E-state index in [0.29, 0.717) is 31.7 Å². The molecule has 6 nitrogen and oxygen atoms in total. The van der Waals surface area contributed by atoms with Crippen molar-refractivity contribution in [1.82, 2.24) is 4.90 Å². The smallest absolute Gasteiger partial charge is 0.387 e. The quantitative estimate of drug-likeness (QED) is 0.606. The summed E-state index contributed by atoms with van der Waals surface area (Å²) < 4.78 is 59.3. The fourth-order valence-corrected chi connectivity index (χ4v) is 3.69. The Morgan fingerprint density at radius 3 is 2.32 bits per heavy atom. The van der Waals surface area contributed by atoms with Crippen molar-refractivity contribution in [2.45, 2.75) is 25.7 Å². The van der Waals surface area contributed by atoms with Gasteiger partial charge in [0.1, 0.15) is 0 Å². The van der Waals surface area contributed by atoms with Crippen LogP contribution in [-0.4, -0.2) is 56.3 Å². The molecule has 2 aromatic carbocycles. The number of amides is 1. The molecule has 1 aliphatic heterocycles. The number of nitrogens with two attached hydrogens (primary N) is 1. The summed E-state index contributed by atoms with van der Waals surface area (Å²) in [5.74, 6) is -1.37. The van der Waals surface area contributed by atoms with Crippen molar-refractivity contribution in [1.29, 1.82) is 0 Å². The average Bonchev–Trinajstić information content (AvgIpc) is 2.70. The van der Waals surface area contributed by atoms with Gasteiger partial charge in [0.25, 0.3) is 0 Å². The molecule has 1 atom stereocenters. The summed E-state index contributed by atoms with van der Waals surface area (Å²) in [5, 5.41) is 0. The minimum Gasteiger partial charge on any atom is -0.431 e. The highest BCUT2D eigenvalue weighted by Gasteiger charge is 2.29. The van der Waals surface area contributed by atoms with Crippen LogP contribution in [0.15, 0.2) is 48.5 Å². The Bertz CT molecular complexity index is 870. The molecule has 0 saturated carbocycles. The third-order valence-electron chi connectivity index (χ3n) is 5.00. The highest BCUT2D eigenvalue weighted by molar-refractivity contribution is 5.76. The molecule has 0 aromatic heterocycles. The first-order valence-electron chi connectivity index (χ1n) is 9.66. The Labute approximate surface area is 177 Å². The van der Waals surface area contributed by atoms with Crippen LogP contribution in [0.5, 0.6) is 11.5 Å². The van der Waals surface area contributed by atoms with Gasteiger partial charge in [0.2, 0.25) is 5.91 Å². The first kappa shape index (κ1) is 22.7. The van der Waals surface area contributed by atoms with E-state index in [1.54, 1.807) is 0 Å². The van der Waals surface area contributed by atoms with Crippen molar-refractivity contribution in [3.05, 3.63) is 54.1 Å². The zero-order valence-electron chi connectivity index (χ0n) is 16.6. The van der Waals surface area contributed by atoms with Gasteiger partial charge in [-0.25, -0.2) is 0 Å². The number of ether oxygens (including phenoxy) is 2. The molecular weight excluding hydrogens is 418 g/mol. The molecule has 0 radical (unpaired) electrons. The second kappa shape index (κ2) is 10.3. The molecule has 1 amide bonds. The Balaban J connectivity index is 1.82. The van der Waals surface area contributed by atoms with Gasteiger partial charge in [-0.2, -0.15) is 17.6 Å². The van der Waals surface area contributed by atoms with Gasteiger partial charge in [0.15, 0.2) is 11.5 Å². The molecule has 1 fully saturated rings. The molecule has 31 heavy (non-hydrogen) atoms. The van der Waals surface area contributed by atoms with Crippen molar-refractivity contribution < 1.29 is 31.8 Å². The number of nitrogens with zero attached hydrogens (tertiary/aromatic N) is 2. The van der Waals surface area contributed by atoms with E-state index in [2.05, 4.69) is 9.47 Å². The van der Waals surface area contributed by atoms with E-state index in [0.717, 1.165) is 5.56 Å². The number of alkyl halides is 4. The van der Waals surface area contributed by atoms with Crippen molar-refractivity contribution in [2.24, 2.45) is 5.73 Å². The first-order valence-corrected chi connectivity index (χ1v) is 9.66. The first-order chi connectivity index (χ1) is 14.8. The van der Waals surface area contributed by atoms with Gasteiger partial charge in [-0.05, 0) is 24.1 Å². The van der Waals surface area contributed by atoms with Crippen LogP contribution in [0.4, 0.5) is 23.2 Å². The van der Waals surface area contributed by atoms with Crippen LogP contribution in [-0.2, 0) is 11.2 Å². The molecule has 2 aromatic rings. The van der Waals surface area contributed by atoms with Crippen molar-refractivity contribution in [2.75, 3.05) is 31.1 Å². The van der Waals surface area contributed by atoms with E-state index in [-0.39, 0.29) is 12.6 Å². The lowest BCUT2D eigenvalue weighted by molar-refractivity contribution is -0.119. The summed E-state index contributed by atoms with van der Waals surface area (Å²) in [6.07, 6.45) is 0.650. The SMILES string of the molecule is NC(=O)CN1CCN(c2ccc(OC(F)F)c(OC(F)F)c2)CC1Cc1ccccc1. The Morgan fingerprint density at radius 1 is 1.00 bits per heavy atom. The van der Waals surface area contributed by atoms with Crippen LogP contribution >= 0.6 is 0 Å². The van der Waals surface area contributed by atoms with Gasteiger partial charge in [0.05, 0.1) is 6.54 Å². The topological polar surface area (TPSA) is 68.0 Å². The van der Waals surface area contributed by atoms with Crippen LogP contribution in [0.25, 0.3) is 0 Å². The number of benzene rings is 2. The number of halogens is 4. The van der Waals surface area contributed by atoms with E-state index in [1.165, 1.54) is 18.2 Å². The summed E-state index contributed by atoms with van der Waals surface area (Å²) in [7, 11) is 0. The lowest BCUT2D eigenvalue weighted by Crippen LogP contribution is -2.56. The van der Waals surface area contributed by atoms with E-state index < -0.39 is 30.6 Å². The van der Waals surface area contributed by atoms with Crippen molar-refractivity contribution in [3.8, 4) is 11.5 Å². The van der Waals surface area contributed by atoms with Crippen LogP contribution in [0.3, 0.4) is 0 Å². The Hall–Kier alpha value is -3.01. The van der Waals surface area contributed by atoms with Gasteiger partial charge in [-0.15, -0.1) is 0 Å². The molecule has 0 bridgehead atoms. The van der Waals surface area contributed by atoms with E-state index in [9.17, 15) is 22.4 Å². The minimum atomic E-state index is -3.19. The van der Waals surface area contributed by atoms with E-state index >= 15 is 0 Å².